The van der Waals surface area contributed by atoms with Crippen LogP contribution in [0.15, 0.2) is 30.3 Å². The van der Waals surface area contributed by atoms with Crippen LogP contribution in [0.4, 0.5) is 5.69 Å². The lowest BCUT2D eigenvalue weighted by Gasteiger charge is -2.09. The highest BCUT2D eigenvalue weighted by atomic mass is 16.5. The second kappa shape index (κ2) is 8.61. The number of hydrogen-bond acceptors (Lipinski definition) is 7. The Balaban J connectivity index is 2.63. The summed E-state index contributed by atoms with van der Waals surface area (Å²) in [6.45, 7) is 3.13. The molecule has 142 valence electrons. The molecule has 0 radical (unpaired) electrons. The summed E-state index contributed by atoms with van der Waals surface area (Å²) in [5.41, 5.74) is 4.75. The van der Waals surface area contributed by atoms with Crippen LogP contribution in [0.2, 0.25) is 0 Å². The van der Waals surface area contributed by atoms with Crippen molar-refractivity contribution < 1.29 is 28.7 Å². The average molecular weight is 374 g/mol. The zero-order valence-corrected chi connectivity index (χ0v) is 14.7. The number of rotatable bonds is 6. The number of aromatic nitrogens is 2. The SMILES string of the molecule is CCOC(=O)C(=O)Nc1c(C(N)=O)nn(-c2ccccc2)c1C(=O)OCC. The highest BCUT2D eigenvalue weighted by Crippen LogP contribution is 2.25. The van der Waals surface area contributed by atoms with Gasteiger partial charge in [0.25, 0.3) is 5.91 Å². The molecule has 0 atom stereocenters. The number of benzene rings is 1. The van der Waals surface area contributed by atoms with Crippen LogP contribution in [0.3, 0.4) is 0 Å². The number of carbonyl (C=O) groups is 4. The smallest absolute Gasteiger partial charge is 0.397 e. The molecular weight excluding hydrogens is 356 g/mol. The van der Waals surface area contributed by atoms with Crippen molar-refractivity contribution in [3.8, 4) is 5.69 Å². The van der Waals surface area contributed by atoms with E-state index < -0.39 is 29.4 Å². The molecule has 0 aliphatic heterocycles. The summed E-state index contributed by atoms with van der Waals surface area (Å²) in [5.74, 6) is -4.23. The Hall–Kier alpha value is -3.69. The van der Waals surface area contributed by atoms with Crippen molar-refractivity contribution in [2.24, 2.45) is 5.73 Å². The van der Waals surface area contributed by atoms with Gasteiger partial charge in [-0.25, -0.2) is 14.3 Å². The fourth-order valence-electron chi connectivity index (χ4n) is 2.21. The van der Waals surface area contributed by atoms with Crippen molar-refractivity contribution in [1.29, 1.82) is 0 Å². The fourth-order valence-corrected chi connectivity index (χ4v) is 2.21. The molecule has 0 saturated heterocycles. The Morgan fingerprint density at radius 2 is 1.70 bits per heavy atom. The highest BCUT2D eigenvalue weighted by molar-refractivity contribution is 6.38. The first-order valence-corrected chi connectivity index (χ1v) is 8.04. The summed E-state index contributed by atoms with van der Waals surface area (Å²) in [5, 5.41) is 6.19. The van der Waals surface area contributed by atoms with Gasteiger partial charge in [-0.15, -0.1) is 0 Å². The van der Waals surface area contributed by atoms with E-state index >= 15 is 0 Å². The number of para-hydroxylation sites is 1. The molecule has 10 heteroatoms. The van der Waals surface area contributed by atoms with E-state index in [4.69, 9.17) is 10.5 Å². The molecule has 0 aliphatic rings. The first-order valence-electron chi connectivity index (χ1n) is 8.04. The third-order valence-corrected chi connectivity index (χ3v) is 3.29. The molecular formula is C17H18N4O6. The molecule has 2 aromatic rings. The number of hydrogen-bond donors (Lipinski definition) is 2. The van der Waals surface area contributed by atoms with Crippen molar-refractivity contribution in [3.63, 3.8) is 0 Å². The number of ether oxygens (including phenoxy) is 2. The second-order valence-corrected chi connectivity index (χ2v) is 5.08. The predicted octanol–water partition coefficient (Wildman–Crippen LogP) is 0.649. The summed E-state index contributed by atoms with van der Waals surface area (Å²) in [6, 6.07) is 8.36. The normalized spacial score (nSPS) is 10.1. The maximum absolute atomic E-state index is 12.5. The number of amides is 2. The zero-order valence-electron chi connectivity index (χ0n) is 14.7. The number of anilines is 1. The van der Waals surface area contributed by atoms with Gasteiger partial charge in [0.15, 0.2) is 11.4 Å². The zero-order chi connectivity index (χ0) is 20.0. The van der Waals surface area contributed by atoms with E-state index in [2.05, 4.69) is 15.2 Å². The Bertz CT molecular complexity index is 875. The molecule has 0 unspecified atom stereocenters. The van der Waals surface area contributed by atoms with Gasteiger partial charge in [-0.05, 0) is 26.0 Å². The molecule has 2 rings (SSSR count). The fraction of sp³-hybridized carbons (Fsp3) is 0.235. The Morgan fingerprint density at radius 1 is 1.07 bits per heavy atom. The molecule has 3 N–H and O–H groups in total. The van der Waals surface area contributed by atoms with Gasteiger partial charge in [-0.3, -0.25) is 9.59 Å². The van der Waals surface area contributed by atoms with E-state index in [1.165, 1.54) is 6.92 Å². The predicted molar refractivity (Wildman–Crippen MR) is 93.3 cm³/mol. The number of nitrogens with zero attached hydrogens (tertiary/aromatic N) is 2. The third-order valence-electron chi connectivity index (χ3n) is 3.29. The van der Waals surface area contributed by atoms with E-state index in [9.17, 15) is 19.2 Å². The van der Waals surface area contributed by atoms with Crippen molar-refractivity contribution in [3.05, 3.63) is 41.7 Å². The van der Waals surface area contributed by atoms with Crippen LogP contribution < -0.4 is 11.1 Å². The molecule has 1 aromatic carbocycles. The molecule has 10 nitrogen and oxygen atoms in total. The van der Waals surface area contributed by atoms with Crippen LogP contribution >= 0.6 is 0 Å². The van der Waals surface area contributed by atoms with Crippen molar-refractivity contribution in [2.45, 2.75) is 13.8 Å². The summed E-state index contributed by atoms with van der Waals surface area (Å²) >= 11 is 0. The third kappa shape index (κ3) is 4.29. The van der Waals surface area contributed by atoms with E-state index in [0.29, 0.717) is 5.69 Å². The number of nitrogens with two attached hydrogens (primary N) is 1. The lowest BCUT2D eigenvalue weighted by Crippen LogP contribution is -2.27. The average Bonchev–Trinajstić information content (AvgIpc) is 3.02. The monoisotopic (exact) mass is 374 g/mol. The largest absolute Gasteiger partial charge is 0.461 e. The van der Waals surface area contributed by atoms with Gasteiger partial charge < -0.3 is 20.5 Å². The first kappa shape index (κ1) is 19.6. The minimum absolute atomic E-state index is 0.0249. The Labute approximate surface area is 154 Å². The van der Waals surface area contributed by atoms with Gasteiger partial charge in [0.05, 0.1) is 18.9 Å². The molecule has 0 saturated carbocycles. The number of esters is 2. The minimum Gasteiger partial charge on any atom is -0.461 e. The van der Waals surface area contributed by atoms with Gasteiger partial charge in [-0.2, -0.15) is 5.10 Å². The molecule has 0 aliphatic carbocycles. The van der Waals surface area contributed by atoms with Gasteiger partial charge in [-0.1, -0.05) is 18.2 Å². The summed E-state index contributed by atoms with van der Waals surface area (Å²) in [7, 11) is 0. The van der Waals surface area contributed by atoms with Crippen LogP contribution in [0.25, 0.3) is 5.69 Å². The minimum atomic E-state index is -1.19. The topological polar surface area (TPSA) is 143 Å². The molecule has 0 spiro atoms. The van der Waals surface area contributed by atoms with Crippen molar-refractivity contribution in [1.82, 2.24) is 9.78 Å². The van der Waals surface area contributed by atoms with E-state index in [0.717, 1.165) is 4.68 Å². The Kier molecular flexibility index (Phi) is 6.26. The van der Waals surface area contributed by atoms with Crippen LogP contribution in [0.1, 0.15) is 34.8 Å². The van der Waals surface area contributed by atoms with Crippen LogP contribution in [-0.4, -0.2) is 46.7 Å². The summed E-state index contributed by atoms with van der Waals surface area (Å²) < 4.78 is 10.7. The van der Waals surface area contributed by atoms with Crippen molar-refractivity contribution >= 4 is 29.4 Å². The van der Waals surface area contributed by atoms with Crippen LogP contribution in [0, 0.1) is 0 Å². The maximum Gasteiger partial charge on any atom is 0.397 e. The lowest BCUT2D eigenvalue weighted by molar-refractivity contribution is -0.152. The molecule has 2 amide bonds. The van der Waals surface area contributed by atoms with Gasteiger partial charge >= 0.3 is 17.8 Å². The number of primary amides is 1. The highest BCUT2D eigenvalue weighted by Gasteiger charge is 2.31. The molecule has 27 heavy (non-hydrogen) atoms. The van der Waals surface area contributed by atoms with E-state index in [-0.39, 0.29) is 24.6 Å². The Morgan fingerprint density at radius 3 is 2.26 bits per heavy atom. The number of nitrogens with one attached hydrogen (secondary N) is 1. The summed E-state index contributed by atoms with van der Waals surface area (Å²) in [4.78, 5) is 47.9. The maximum atomic E-state index is 12.5. The van der Waals surface area contributed by atoms with E-state index in [1.54, 1.807) is 37.3 Å². The standard InChI is InChI=1S/C17H18N4O6/c1-3-26-16(24)13-11(19-15(23)17(25)27-4-2)12(14(18)22)20-21(13)10-8-6-5-7-9-10/h5-9H,3-4H2,1-2H3,(H2,18,22)(H,19,23). The van der Waals surface area contributed by atoms with Gasteiger partial charge in [0.1, 0.15) is 5.69 Å². The molecule has 0 fully saturated rings. The molecule has 0 bridgehead atoms. The van der Waals surface area contributed by atoms with Crippen molar-refractivity contribution in [2.75, 3.05) is 18.5 Å². The lowest BCUT2D eigenvalue weighted by atomic mass is 10.2. The van der Waals surface area contributed by atoms with E-state index in [1.807, 2.05) is 0 Å². The van der Waals surface area contributed by atoms with Crippen LogP contribution in [0.5, 0.6) is 0 Å². The first-order chi connectivity index (χ1) is 12.9. The van der Waals surface area contributed by atoms with Gasteiger partial charge in [0.2, 0.25) is 0 Å². The second-order valence-electron chi connectivity index (χ2n) is 5.08. The summed E-state index contributed by atoms with van der Waals surface area (Å²) in [6.07, 6.45) is 0. The quantitative estimate of drug-likeness (QED) is 0.558. The van der Waals surface area contributed by atoms with Crippen LogP contribution in [-0.2, 0) is 19.1 Å². The molecule has 1 heterocycles. The van der Waals surface area contributed by atoms with Gasteiger partial charge in [0, 0.05) is 0 Å². The number of carbonyl (C=O) groups excluding carboxylic acids is 4. The molecule has 1 aromatic heterocycles.